The van der Waals surface area contributed by atoms with Crippen LogP contribution < -0.4 is 0 Å². The van der Waals surface area contributed by atoms with E-state index in [-0.39, 0.29) is 0 Å². The summed E-state index contributed by atoms with van der Waals surface area (Å²) in [5, 5.41) is 12.9. The number of rotatable bonds is 2. The first-order valence-electron chi connectivity index (χ1n) is 4.26. The van der Waals surface area contributed by atoms with Gasteiger partial charge in [0.15, 0.2) is 5.60 Å². The van der Waals surface area contributed by atoms with Crippen LogP contribution in [0.1, 0.15) is 18.4 Å². The van der Waals surface area contributed by atoms with Gasteiger partial charge in [0, 0.05) is 22.0 Å². The Bertz CT molecular complexity index is 355. The van der Waals surface area contributed by atoms with Gasteiger partial charge < -0.3 is 9.84 Å². The summed E-state index contributed by atoms with van der Waals surface area (Å²) in [6.45, 7) is 0.522. The maximum absolute atomic E-state index is 11.2. The molecule has 0 amide bonds. The summed E-state index contributed by atoms with van der Waals surface area (Å²) < 4.78 is 6.23. The molecule has 76 valence electrons. The number of carbonyl (C=O) groups is 1. The van der Waals surface area contributed by atoms with Crippen LogP contribution in [-0.2, 0) is 15.1 Å². The maximum atomic E-state index is 11.2. The minimum absolute atomic E-state index is 0.522. The first kappa shape index (κ1) is 10.1. The van der Waals surface area contributed by atoms with Gasteiger partial charge in [-0.25, -0.2) is 4.79 Å². The second-order valence-electron chi connectivity index (χ2n) is 3.22. The quantitative estimate of drug-likeness (QED) is 0.903. The number of carboxylic acids is 1. The van der Waals surface area contributed by atoms with Crippen LogP contribution >= 0.6 is 27.3 Å². The second-order valence-corrected chi connectivity index (χ2v) is 4.82. The average molecular weight is 277 g/mol. The van der Waals surface area contributed by atoms with E-state index in [9.17, 15) is 9.90 Å². The lowest BCUT2D eigenvalue weighted by Crippen LogP contribution is -2.34. The van der Waals surface area contributed by atoms with Gasteiger partial charge in [-0.1, -0.05) is 0 Å². The van der Waals surface area contributed by atoms with E-state index in [0.717, 1.165) is 16.5 Å². The number of ether oxygens (including phenoxy) is 1. The third-order valence-corrected chi connectivity index (χ3v) is 4.12. The van der Waals surface area contributed by atoms with Crippen LogP contribution in [0.4, 0.5) is 0 Å². The van der Waals surface area contributed by atoms with E-state index < -0.39 is 11.6 Å². The lowest BCUT2D eigenvalue weighted by atomic mass is 9.93. The first-order chi connectivity index (χ1) is 6.67. The largest absolute Gasteiger partial charge is 0.479 e. The van der Waals surface area contributed by atoms with Gasteiger partial charge in [-0.3, -0.25) is 0 Å². The molecule has 0 spiro atoms. The standard InChI is InChI=1S/C9H9BrO3S/c10-7-5-14-4-6(7)9(8(11)12)2-1-3-13-9/h4-5H,1-3H2,(H,11,12). The zero-order valence-corrected chi connectivity index (χ0v) is 9.73. The monoisotopic (exact) mass is 276 g/mol. The second kappa shape index (κ2) is 3.64. The summed E-state index contributed by atoms with van der Waals surface area (Å²) in [5.41, 5.74) is -0.369. The van der Waals surface area contributed by atoms with Crippen molar-refractivity contribution in [3.63, 3.8) is 0 Å². The Kier molecular flexibility index (Phi) is 2.64. The van der Waals surface area contributed by atoms with E-state index in [1.54, 1.807) is 0 Å². The molecular weight excluding hydrogens is 268 g/mol. The van der Waals surface area contributed by atoms with Crippen molar-refractivity contribution in [1.82, 2.24) is 0 Å². The number of thiophene rings is 1. The van der Waals surface area contributed by atoms with Crippen LogP contribution in [0.3, 0.4) is 0 Å². The molecule has 5 heteroatoms. The zero-order chi connectivity index (χ0) is 10.2. The van der Waals surface area contributed by atoms with Gasteiger partial charge in [0.1, 0.15) is 0 Å². The van der Waals surface area contributed by atoms with E-state index in [0.29, 0.717) is 13.0 Å². The first-order valence-corrected chi connectivity index (χ1v) is 6.00. The van der Waals surface area contributed by atoms with Crippen LogP contribution in [0.5, 0.6) is 0 Å². The highest BCUT2D eigenvalue weighted by Crippen LogP contribution is 2.41. The number of hydrogen-bond donors (Lipinski definition) is 1. The maximum Gasteiger partial charge on any atom is 0.340 e. The van der Waals surface area contributed by atoms with E-state index in [1.165, 1.54) is 11.3 Å². The van der Waals surface area contributed by atoms with Crippen LogP contribution in [0.15, 0.2) is 15.2 Å². The lowest BCUT2D eigenvalue weighted by molar-refractivity contribution is -0.161. The molecular formula is C9H9BrO3S. The summed E-state index contributed by atoms with van der Waals surface area (Å²) >= 11 is 4.83. The Morgan fingerprint density at radius 2 is 2.43 bits per heavy atom. The van der Waals surface area contributed by atoms with E-state index in [1.807, 2.05) is 10.8 Å². The van der Waals surface area contributed by atoms with Gasteiger partial charge in [-0.15, -0.1) is 0 Å². The minimum atomic E-state index is -1.11. The number of halogens is 1. The Morgan fingerprint density at radius 1 is 1.64 bits per heavy atom. The Hall–Kier alpha value is -0.390. The van der Waals surface area contributed by atoms with Crippen molar-refractivity contribution in [2.24, 2.45) is 0 Å². The topological polar surface area (TPSA) is 46.5 Å². The summed E-state index contributed by atoms with van der Waals surface area (Å²) in [6, 6.07) is 0. The molecule has 1 aromatic heterocycles. The van der Waals surface area contributed by atoms with Gasteiger partial charge in [0.25, 0.3) is 0 Å². The zero-order valence-electron chi connectivity index (χ0n) is 7.33. The summed E-state index contributed by atoms with van der Waals surface area (Å²) in [4.78, 5) is 11.2. The fourth-order valence-corrected chi connectivity index (χ4v) is 3.38. The molecule has 14 heavy (non-hydrogen) atoms. The SMILES string of the molecule is O=C(O)C1(c2cscc2Br)CCCO1. The number of hydrogen-bond acceptors (Lipinski definition) is 3. The molecule has 1 aromatic rings. The minimum Gasteiger partial charge on any atom is -0.479 e. The van der Waals surface area contributed by atoms with Crippen molar-refractivity contribution in [1.29, 1.82) is 0 Å². The molecule has 0 bridgehead atoms. The molecule has 1 saturated heterocycles. The van der Waals surface area contributed by atoms with Gasteiger partial charge in [-0.2, -0.15) is 11.3 Å². The van der Waals surface area contributed by atoms with Crippen LogP contribution in [-0.4, -0.2) is 17.7 Å². The molecule has 1 unspecified atom stereocenters. The number of carboxylic acid groups (broad SMARTS) is 1. The van der Waals surface area contributed by atoms with Gasteiger partial charge >= 0.3 is 5.97 Å². The van der Waals surface area contributed by atoms with Gasteiger partial charge in [0.2, 0.25) is 0 Å². The highest BCUT2D eigenvalue weighted by atomic mass is 79.9. The third kappa shape index (κ3) is 1.39. The molecule has 1 N–H and O–H groups in total. The van der Waals surface area contributed by atoms with Crippen molar-refractivity contribution in [2.45, 2.75) is 18.4 Å². The molecule has 2 rings (SSSR count). The molecule has 3 nitrogen and oxygen atoms in total. The fourth-order valence-electron chi connectivity index (χ4n) is 1.71. The van der Waals surface area contributed by atoms with E-state index in [4.69, 9.17) is 4.74 Å². The van der Waals surface area contributed by atoms with E-state index in [2.05, 4.69) is 15.9 Å². The lowest BCUT2D eigenvalue weighted by Gasteiger charge is -2.22. The predicted octanol–water partition coefficient (Wildman–Crippen LogP) is 2.60. The Labute approximate surface area is 93.8 Å². The predicted molar refractivity (Wildman–Crippen MR) is 56.5 cm³/mol. The molecule has 0 aromatic carbocycles. The molecule has 1 aliphatic heterocycles. The molecule has 1 atom stereocenters. The van der Waals surface area contributed by atoms with Gasteiger partial charge in [-0.05, 0) is 34.2 Å². The smallest absolute Gasteiger partial charge is 0.340 e. The Balaban J connectivity index is 2.46. The van der Waals surface area contributed by atoms with Crippen LogP contribution in [0.25, 0.3) is 0 Å². The highest BCUT2D eigenvalue weighted by molar-refractivity contribution is 9.10. The molecule has 1 fully saturated rings. The van der Waals surface area contributed by atoms with Crippen molar-refractivity contribution in [3.05, 3.63) is 20.8 Å². The Morgan fingerprint density at radius 3 is 2.86 bits per heavy atom. The molecule has 2 heterocycles. The normalized spacial score (nSPS) is 26.6. The van der Waals surface area contributed by atoms with Crippen molar-refractivity contribution < 1.29 is 14.6 Å². The summed E-state index contributed by atoms with van der Waals surface area (Å²) in [6.07, 6.45) is 1.35. The third-order valence-electron chi connectivity index (χ3n) is 2.42. The van der Waals surface area contributed by atoms with Crippen molar-refractivity contribution in [3.8, 4) is 0 Å². The van der Waals surface area contributed by atoms with E-state index >= 15 is 0 Å². The fraction of sp³-hybridized carbons (Fsp3) is 0.444. The summed E-state index contributed by atoms with van der Waals surface area (Å²) in [7, 11) is 0. The van der Waals surface area contributed by atoms with Crippen LogP contribution in [0, 0.1) is 0 Å². The molecule has 0 aliphatic carbocycles. The average Bonchev–Trinajstić information content (AvgIpc) is 2.72. The number of aliphatic carboxylic acids is 1. The molecule has 1 aliphatic rings. The molecule has 0 saturated carbocycles. The van der Waals surface area contributed by atoms with Crippen LogP contribution in [0.2, 0.25) is 0 Å². The molecule has 0 radical (unpaired) electrons. The van der Waals surface area contributed by atoms with Gasteiger partial charge in [0.05, 0.1) is 0 Å². The highest BCUT2D eigenvalue weighted by Gasteiger charge is 2.46. The summed E-state index contributed by atoms with van der Waals surface area (Å²) in [5.74, 6) is -0.894. The van der Waals surface area contributed by atoms with Crippen molar-refractivity contribution in [2.75, 3.05) is 6.61 Å². The van der Waals surface area contributed by atoms with Crippen molar-refractivity contribution >= 4 is 33.2 Å².